The molecule has 5 nitrogen and oxygen atoms in total. The maximum atomic E-state index is 5.75. The van der Waals surface area contributed by atoms with Crippen molar-refractivity contribution >= 4 is 11.6 Å². The number of benzene rings is 1. The number of H-pyrrole nitrogens is 1. The van der Waals surface area contributed by atoms with Gasteiger partial charge < -0.3 is 20.8 Å². The number of nitrogen functional groups attached to an aromatic ring is 1. The van der Waals surface area contributed by atoms with Gasteiger partial charge in [0, 0.05) is 6.54 Å². The van der Waals surface area contributed by atoms with E-state index in [-0.39, 0.29) is 0 Å². The summed E-state index contributed by atoms with van der Waals surface area (Å²) < 4.78 is 5.10. The fourth-order valence-electron chi connectivity index (χ4n) is 1.57. The maximum Gasteiger partial charge on any atom is 0.169 e. The second-order valence-corrected chi connectivity index (χ2v) is 3.79. The molecular weight excluding hydrogens is 216 g/mol. The first-order valence-electron chi connectivity index (χ1n) is 5.38. The van der Waals surface area contributed by atoms with Crippen molar-refractivity contribution in [1.82, 2.24) is 9.97 Å². The van der Waals surface area contributed by atoms with E-state index in [4.69, 9.17) is 10.5 Å². The Hall–Kier alpha value is -2.17. The first-order chi connectivity index (χ1) is 8.19. The Morgan fingerprint density at radius 2 is 2.06 bits per heavy atom. The van der Waals surface area contributed by atoms with Crippen LogP contribution in [0.1, 0.15) is 11.4 Å². The second-order valence-electron chi connectivity index (χ2n) is 3.79. The SMILES string of the molecule is COc1ccc(CNc2nc(C)[nH]c2N)cc1. The summed E-state index contributed by atoms with van der Waals surface area (Å²) in [6.07, 6.45) is 0. The van der Waals surface area contributed by atoms with Crippen molar-refractivity contribution in [2.24, 2.45) is 0 Å². The molecule has 1 heterocycles. The minimum absolute atomic E-state index is 0.566. The highest BCUT2D eigenvalue weighted by atomic mass is 16.5. The minimum Gasteiger partial charge on any atom is -0.497 e. The average molecular weight is 232 g/mol. The van der Waals surface area contributed by atoms with Crippen molar-refractivity contribution in [2.75, 3.05) is 18.2 Å². The Bertz CT molecular complexity index is 490. The van der Waals surface area contributed by atoms with Crippen LogP contribution in [0.4, 0.5) is 11.6 Å². The molecule has 2 rings (SSSR count). The summed E-state index contributed by atoms with van der Waals surface area (Å²) in [5, 5.41) is 3.18. The summed E-state index contributed by atoms with van der Waals surface area (Å²) in [7, 11) is 1.65. The molecule has 0 aliphatic rings. The number of aromatic amines is 1. The number of hydrogen-bond acceptors (Lipinski definition) is 4. The Morgan fingerprint density at radius 1 is 1.35 bits per heavy atom. The molecule has 5 heteroatoms. The van der Waals surface area contributed by atoms with E-state index in [1.807, 2.05) is 31.2 Å². The van der Waals surface area contributed by atoms with E-state index in [0.29, 0.717) is 18.2 Å². The number of nitrogens with zero attached hydrogens (tertiary/aromatic N) is 1. The normalized spacial score (nSPS) is 10.2. The van der Waals surface area contributed by atoms with Crippen LogP contribution in [0.3, 0.4) is 0 Å². The van der Waals surface area contributed by atoms with Crippen LogP contribution in [0.15, 0.2) is 24.3 Å². The van der Waals surface area contributed by atoms with Crippen LogP contribution in [0.5, 0.6) is 5.75 Å². The number of rotatable bonds is 4. The van der Waals surface area contributed by atoms with E-state index in [1.165, 1.54) is 0 Å². The predicted octanol–water partition coefficient (Wildman–Crippen LogP) is 1.92. The maximum absolute atomic E-state index is 5.75. The quantitative estimate of drug-likeness (QED) is 0.752. The van der Waals surface area contributed by atoms with Crippen molar-refractivity contribution in [2.45, 2.75) is 13.5 Å². The molecule has 1 aromatic carbocycles. The first-order valence-corrected chi connectivity index (χ1v) is 5.38. The highest BCUT2D eigenvalue weighted by Crippen LogP contribution is 2.16. The molecule has 0 radical (unpaired) electrons. The van der Waals surface area contributed by atoms with Gasteiger partial charge in [-0.05, 0) is 24.6 Å². The monoisotopic (exact) mass is 232 g/mol. The summed E-state index contributed by atoms with van der Waals surface area (Å²) in [5.74, 6) is 2.91. The molecule has 0 fully saturated rings. The van der Waals surface area contributed by atoms with Gasteiger partial charge in [-0.3, -0.25) is 0 Å². The fraction of sp³-hybridized carbons (Fsp3) is 0.250. The molecule has 0 spiro atoms. The van der Waals surface area contributed by atoms with Crippen LogP contribution in [0.2, 0.25) is 0 Å². The van der Waals surface area contributed by atoms with Crippen LogP contribution in [-0.2, 0) is 6.54 Å². The van der Waals surface area contributed by atoms with Crippen LogP contribution < -0.4 is 15.8 Å². The third-order valence-electron chi connectivity index (χ3n) is 2.47. The molecule has 2 aromatic rings. The highest BCUT2D eigenvalue weighted by Gasteiger charge is 2.03. The first kappa shape index (κ1) is 11.3. The van der Waals surface area contributed by atoms with Crippen molar-refractivity contribution in [1.29, 1.82) is 0 Å². The van der Waals surface area contributed by atoms with Crippen LogP contribution in [0.25, 0.3) is 0 Å². The minimum atomic E-state index is 0.566. The molecule has 0 unspecified atom stereocenters. The summed E-state index contributed by atoms with van der Waals surface area (Å²) in [6.45, 7) is 2.55. The fourth-order valence-corrected chi connectivity index (χ4v) is 1.57. The lowest BCUT2D eigenvalue weighted by Crippen LogP contribution is -2.02. The summed E-state index contributed by atoms with van der Waals surface area (Å²) in [4.78, 5) is 7.19. The molecule has 0 atom stereocenters. The molecule has 0 aliphatic heterocycles. The lowest BCUT2D eigenvalue weighted by molar-refractivity contribution is 0.414. The van der Waals surface area contributed by atoms with Gasteiger partial charge >= 0.3 is 0 Å². The van der Waals surface area contributed by atoms with E-state index < -0.39 is 0 Å². The zero-order valence-corrected chi connectivity index (χ0v) is 9.95. The Balaban J connectivity index is 1.99. The third-order valence-corrected chi connectivity index (χ3v) is 2.47. The van der Waals surface area contributed by atoms with Gasteiger partial charge in [0.25, 0.3) is 0 Å². The van der Waals surface area contributed by atoms with E-state index >= 15 is 0 Å². The Labute approximate surface area is 100 Å². The number of anilines is 2. The molecule has 4 N–H and O–H groups in total. The van der Waals surface area contributed by atoms with E-state index in [9.17, 15) is 0 Å². The van der Waals surface area contributed by atoms with Crippen molar-refractivity contribution in [3.05, 3.63) is 35.7 Å². The lowest BCUT2D eigenvalue weighted by atomic mass is 10.2. The van der Waals surface area contributed by atoms with Crippen LogP contribution in [-0.4, -0.2) is 17.1 Å². The standard InChI is InChI=1S/C12H16N4O/c1-8-15-11(13)12(16-8)14-7-9-3-5-10(17-2)6-4-9/h3-6,14H,7,13H2,1-2H3,(H,15,16). The van der Waals surface area contributed by atoms with Gasteiger partial charge in [0.2, 0.25) is 0 Å². The van der Waals surface area contributed by atoms with Crippen molar-refractivity contribution in [3.8, 4) is 5.75 Å². The van der Waals surface area contributed by atoms with Gasteiger partial charge in [-0.15, -0.1) is 0 Å². The van der Waals surface area contributed by atoms with Crippen LogP contribution >= 0.6 is 0 Å². The molecule has 0 amide bonds. The number of methoxy groups -OCH3 is 1. The smallest absolute Gasteiger partial charge is 0.169 e. The summed E-state index contributed by atoms with van der Waals surface area (Å²) in [6, 6.07) is 7.86. The van der Waals surface area contributed by atoms with Crippen molar-refractivity contribution in [3.63, 3.8) is 0 Å². The number of ether oxygens (including phenoxy) is 1. The zero-order chi connectivity index (χ0) is 12.3. The van der Waals surface area contributed by atoms with Gasteiger partial charge in [-0.2, -0.15) is 0 Å². The Morgan fingerprint density at radius 3 is 2.59 bits per heavy atom. The number of aromatic nitrogens is 2. The number of nitrogens with two attached hydrogens (primary N) is 1. The van der Waals surface area contributed by atoms with Gasteiger partial charge in [0.1, 0.15) is 17.4 Å². The molecule has 0 bridgehead atoms. The van der Waals surface area contributed by atoms with Gasteiger partial charge in [0.05, 0.1) is 7.11 Å². The van der Waals surface area contributed by atoms with Gasteiger partial charge in [0.15, 0.2) is 5.82 Å². The number of imidazole rings is 1. The summed E-state index contributed by atoms with van der Waals surface area (Å²) in [5.41, 5.74) is 6.89. The predicted molar refractivity (Wildman–Crippen MR) is 68.1 cm³/mol. The number of nitrogens with one attached hydrogen (secondary N) is 2. The average Bonchev–Trinajstić information content (AvgIpc) is 2.66. The molecular formula is C12H16N4O. The van der Waals surface area contributed by atoms with E-state index in [2.05, 4.69) is 15.3 Å². The number of aryl methyl sites for hydroxylation is 1. The largest absolute Gasteiger partial charge is 0.497 e. The number of hydrogen-bond donors (Lipinski definition) is 3. The highest BCUT2D eigenvalue weighted by molar-refractivity contribution is 5.57. The molecule has 0 saturated heterocycles. The molecule has 1 aromatic heterocycles. The zero-order valence-electron chi connectivity index (χ0n) is 9.95. The Kier molecular flexibility index (Phi) is 3.18. The van der Waals surface area contributed by atoms with Crippen molar-refractivity contribution < 1.29 is 4.74 Å². The van der Waals surface area contributed by atoms with E-state index in [1.54, 1.807) is 7.11 Å². The molecule has 17 heavy (non-hydrogen) atoms. The molecule has 0 aliphatic carbocycles. The third kappa shape index (κ3) is 2.69. The topological polar surface area (TPSA) is 76.0 Å². The lowest BCUT2D eigenvalue weighted by Gasteiger charge is -2.05. The van der Waals surface area contributed by atoms with E-state index in [0.717, 1.165) is 17.1 Å². The van der Waals surface area contributed by atoms with Crippen LogP contribution in [0, 0.1) is 6.92 Å². The summed E-state index contributed by atoms with van der Waals surface area (Å²) >= 11 is 0. The molecule has 0 saturated carbocycles. The second kappa shape index (κ2) is 4.78. The van der Waals surface area contributed by atoms with Gasteiger partial charge in [-0.25, -0.2) is 4.98 Å². The van der Waals surface area contributed by atoms with Gasteiger partial charge in [-0.1, -0.05) is 12.1 Å². The molecule has 90 valence electrons.